The molecular formula is C18H21NO2. The number of para-hydroxylation sites is 1. The fourth-order valence-corrected chi connectivity index (χ4v) is 2.05. The average molecular weight is 283 g/mol. The molecule has 0 aliphatic rings. The summed E-state index contributed by atoms with van der Waals surface area (Å²) in [5.74, 6) is 0.595. The van der Waals surface area contributed by atoms with Crippen LogP contribution in [-0.2, 0) is 4.79 Å². The van der Waals surface area contributed by atoms with Crippen molar-refractivity contribution in [3.63, 3.8) is 0 Å². The number of carbonyl (C=O) groups is 1. The highest BCUT2D eigenvalue weighted by atomic mass is 16.5. The maximum Gasteiger partial charge on any atom is 0.258 e. The van der Waals surface area contributed by atoms with Crippen molar-refractivity contribution in [2.75, 3.05) is 6.61 Å². The van der Waals surface area contributed by atoms with Crippen molar-refractivity contribution in [3.8, 4) is 16.9 Å². The monoisotopic (exact) mass is 283 g/mol. The first kappa shape index (κ1) is 15.1. The van der Waals surface area contributed by atoms with Crippen LogP contribution in [0, 0.1) is 0 Å². The molecule has 2 aromatic rings. The Bertz CT molecular complexity index is 600. The molecule has 0 fully saturated rings. The van der Waals surface area contributed by atoms with Gasteiger partial charge in [-0.3, -0.25) is 4.79 Å². The average Bonchev–Trinajstić information content (AvgIpc) is 2.45. The van der Waals surface area contributed by atoms with Crippen LogP contribution in [-0.4, -0.2) is 18.1 Å². The third-order valence-corrected chi connectivity index (χ3v) is 2.85. The van der Waals surface area contributed by atoms with E-state index in [2.05, 4.69) is 5.32 Å². The lowest BCUT2D eigenvalue weighted by atomic mass is 10.1. The number of amides is 1. The second kappa shape index (κ2) is 6.44. The number of hydrogen-bond acceptors (Lipinski definition) is 2. The molecule has 110 valence electrons. The van der Waals surface area contributed by atoms with Crippen LogP contribution in [0.25, 0.3) is 11.1 Å². The van der Waals surface area contributed by atoms with E-state index in [1.165, 1.54) is 0 Å². The molecule has 3 nitrogen and oxygen atoms in total. The number of rotatable bonds is 4. The van der Waals surface area contributed by atoms with E-state index in [0.717, 1.165) is 11.1 Å². The van der Waals surface area contributed by atoms with Crippen molar-refractivity contribution in [2.24, 2.45) is 0 Å². The molecule has 21 heavy (non-hydrogen) atoms. The third kappa shape index (κ3) is 4.63. The summed E-state index contributed by atoms with van der Waals surface area (Å²) < 4.78 is 5.69. The van der Waals surface area contributed by atoms with E-state index >= 15 is 0 Å². The molecular weight excluding hydrogens is 262 g/mol. The van der Waals surface area contributed by atoms with Crippen LogP contribution in [0.15, 0.2) is 54.6 Å². The number of benzene rings is 2. The molecule has 0 bridgehead atoms. The number of carbonyl (C=O) groups excluding carboxylic acids is 1. The largest absolute Gasteiger partial charge is 0.483 e. The molecule has 1 N–H and O–H groups in total. The van der Waals surface area contributed by atoms with E-state index in [1.807, 2.05) is 75.4 Å². The Labute approximate surface area is 126 Å². The summed E-state index contributed by atoms with van der Waals surface area (Å²) in [5, 5.41) is 2.88. The molecule has 1 amide bonds. The molecule has 2 rings (SSSR count). The van der Waals surface area contributed by atoms with E-state index in [1.54, 1.807) is 0 Å². The summed E-state index contributed by atoms with van der Waals surface area (Å²) >= 11 is 0. The summed E-state index contributed by atoms with van der Waals surface area (Å²) in [7, 11) is 0. The van der Waals surface area contributed by atoms with Crippen molar-refractivity contribution >= 4 is 5.91 Å². The van der Waals surface area contributed by atoms with Gasteiger partial charge in [-0.25, -0.2) is 0 Å². The van der Waals surface area contributed by atoms with Gasteiger partial charge in [0.15, 0.2) is 6.61 Å². The molecule has 0 heterocycles. The molecule has 0 saturated heterocycles. The van der Waals surface area contributed by atoms with Crippen LogP contribution in [0.3, 0.4) is 0 Å². The standard InChI is InChI=1S/C18H21NO2/c1-18(2,3)19-17(20)13-21-16-12-8-7-11-15(16)14-9-5-4-6-10-14/h4-12H,13H2,1-3H3,(H,19,20). The Balaban J connectivity index is 2.10. The molecule has 0 aliphatic carbocycles. The van der Waals surface area contributed by atoms with E-state index < -0.39 is 0 Å². The summed E-state index contributed by atoms with van der Waals surface area (Å²) in [4.78, 5) is 11.8. The Morgan fingerprint density at radius 1 is 1.00 bits per heavy atom. The van der Waals surface area contributed by atoms with Crippen molar-refractivity contribution in [2.45, 2.75) is 26.3 Å². The Morgan fingerprint density at radius 2 is 1.62 bits per heavy atom. The van der Waals surface area contributed by atoms with E-state index in [4.69, 9.17) is 4.74 Å². The minimum atomic E-state index is -0.251. The van der Waals surface area contributed by atoms with E-state index in [9.17, 15) is 4.79 Å². The number of ether oxygens (including phenoxy) is 1. The van der Waals surface area contributed by atoms with E-state index in [-0.39, 0.29) is 18.1 Å². The second-order valence-corrected chi connectivity index (χ2v) is 5.95. The fourth-order valence-electron chi connectivity index (χ4n) is 2.05. The predicted molar refractivity (Wildman–Crippen MR) is 85.3 cm³/mol. The van der Waals surface area contributed by atoms with Crippen LogP contribution in [0.1, 0.15) is 20.8 Å². The lowest BCUT2D eigenvalue weighted by molar-refractivity contribution is -0.124. The van der Waals surface area contributed by atoms with Gasteiger partial charge in [-0.15, -0.1) is 0 Å². The van der Waals surface area contributed by atoms with Gasteiger partial charge < -0.3 is 10.1 Å². The van der Waals surface area contributed by atoms with Crippen molar-refractivity contribution in [3.05, 3.63) is 54.6 Å². The Hall–Kier alpha value is -2.29. The summed E-state index contributed by atoms with van der Waals surface area (Å²) in [5.41, 5.74) is 1.81. The molecule has 0 atom stereocenters. The molecule has 0 unspecified atom stereocenters. The molecule has 0 saturated carbocycles. The van der Waals surface area contributed by atoms with Gasteiger partial charge in [-0.05, 0) is 32.4 Å². The van der Waals surface area contributed by atoms with Crippen molar-refractivity contribution in [1.82, 2.24) is 5.32 Å². The van der Waals surface area contributed by atoms with Crippen molar-refractivity contribution < 1.29 is 9.53 Å². The first-order valence-corrected chi connectivity index (χ1v) is 7.04. The lowest BCUT2D eigenvalue weighted by Crippen LogP contribution is -2.43. The first-order valence-electron chi connectivity index (χ1n) is 7.04. The molecule has 0 aliphatic heterocycles. The van der Waals surface area contributed by atoms with Crippen LogP contribution in [0.5, 0.6) is 5.75 Å². The number of nitrogens with one attached hydrogen (secondary N) is 1. The van der Waals surface area contributed by atoms with Crippen LogP contribution in [0.2, 0.25) is 0 Å². The predicted octanol–water partition coefficient (Wildman–Crippen LogP) is 3.65. The van der Waals surface area contributed by atoms with Gasteiger partial charge in [0.25, 0.3) is 5.91 Å². The lowest BCUT2D eigenvalue weighted by Gasteiger charge is -2.20. The van der Waals surface area contributed by atoms with Crippen LogP contribution in [0.4, 0.5) is 0 Å². The maximum absolute atomic E-state index is 11.8. The topological polar surface area (TPSA) is 38.3 Å². The Morgan fingerprint density at radius 3 is 2.29 bits per heavy atom. The Kier molecular flexibility index (Phi) is 4.63. The van der Waals surface area contributed by atoms with Crippen molar-refractivity contribution in [1.29, 1.82) is 0 Å². The highest BCUT2D eigenvalue weighted by Crippen LogP contribution is 2.29. The molecule has 0 aromatic heterocycles. The molecule has 3 heteroatoms. The highest BCUT2D eigenvalue weighted by molar-refractivity contribution is 5.79. The smallest absolute Gasteiger partial charge is 0.258 e. The maximum atomic E-state index is 11.8. The van der Waals surface area contributed by atoms with Gasteiger partial charge in [-0.1, -0.05) is 48.5 Å². The summed E-state index contributed by atoms with van der Waals surface area (Å²) in [6, 6.07) is 17.7. The molecule has 2 aromatic carbocycles. The zero-order valence-corrected chi connectivity index (χ0v) is 12.7. The van der Waals surface area contributed by atoms with E-state index in [0.29, 0.717) is 5.75 Å². The van der Waals surface area contributed by atoms with Gasteiger partial charge in [0.2, 0.25) is 0 Å². The number of hydrogen-bond donors (Lipinski definition) is 1. The van der Waals surface area contributed by atoms with Gasteiger partial charge >= 0.3 is 0 Å². The summed E-state index contributed by atoms with van der Waals surface area (Å²) in [6.45, 7) is 5.86. The highest BCUT2D eigenvalue weighted by Gasteiger charge is 2.14. The van der Waals surface area contributed by atoms with Gasteiger partial charge in [-0.2, -0.15) is 0 Å². The van der Waals surface area contributed by atoms with Crippen LogP contribution < -0.4 is 10.1 Å². The summed E-state index contributed by atoms with van der Waals surface area (Å²) in [6.07, 6.45) is 0. The third-order valence-electron chi connectivity index (χ3n) is 2.85. The zero-order chi connectivity index (χ0) is 15.3. The van der Waals surface area contributed by atoms with Gasteiger partial charge in [0, 0.05) is 11.1 Å². The van der Waals surface area contributed by atoms with Gasteiger partial charge in [0.05, 0.1) is 0 Å². The second-order valence-electron chi connectivity index (χ2n) is 5.95. The normalized spacial score (nSPS) is 11.0. The zero-order valence-electron chi connectivity index (χ0n) is 12.7. The fraction of sp³-hybridized carbons (Fsp3) is 0.278. The SMILES string of the molecule is CC(C)(C)NC(=O)COc1ccccc1-c1ccccc1. The first-order chi connectivity index (χ1) is 9.96. The quantitative estimate of drug-likeness (QED) is 0.930. The minimum absolute atomic E-state index is 0.0150. The molecule has 0 radical (unpaired) electrons. The van der Waals surface area contributed by atoms with Gasteiger partial charge in [0.1, 0.15) is 5.75 Å². The minimum Gasteiger partial charge on any atom is -0.483 e. The molecule has 0 spiro atoms. The van der Waals surface area contributed by atoms with Crippen LogP contribution >= 0.6 is 0 Å².